The summed E-state index contributed by atoms with van der Waals surface area (Å²) < 4.78 is 14.3. The van der Waals surface area contributed by atoms with Gasteiger partial charge < -0.3 is 9.80 Å². The summed E-state index contributed by atoms with van der Waals surface area (Å²) in [7, 11) is 0. The van der Waals surface area contributed by atoms with Gasteiger partial charge in [0, 0.05) is 37.8 Å². The highest BCUT2D eigenvalue weighted by Crippen LogP contribution is 2.22. The third-order valence-electron chi connectivity index (χ3n) is 4.50. The Bertz CT molecular complexity index is 825. The molecule has 134 valence electrons. The molecule has 1 saturated heterocycles. The maximum atomic E-state index is 14.3. The summed E-state index contributed by atoms with van der Waals surface area (Å²) in [5.41, 5.74) is 1.82. The van der Waals surface area contributed by atoms with Crippen LogP contribution in [0.5, 0.6) is 0 Å². The Balaban J connectivity index is 1.60. The number of amides is 1. The fourth-order valence-corrected chi connectivity index (χ4v) is 2.99. The molecule has 5 heteroatoms. The van der Waals surface area contributed by atoms with Crippen molar-refractivity contribution in [1.82, 2.24) is 4.90 Å². The standard InChI is InChI=1S/C21H21FN2O2/c1-16(25)18-8-9-20(19(22)15-18)23-11-13-24(14-12-23)21(26)10-7-17-5-3-2-4-6-17/h2-10,15H,11-14H2,1H3/b10-7+. The zero-order valence-corrected chi connectivity index (χ0v) is 14.7. The number of halogens is 1. The van der Waals surface area contributed by atoms with Gasteiger partial charge in [0.05, 0.1) is 5.69 Å². The Morgan fingerprint density at radius 3 is 2.31 bits per heavy atom. The van der Waals surface area contributed by atoms with E-state index in [9.17, 15) is 14.0 Å². The highest BCUT2D eigenvalue weighted by atomic mass is 19.1. The van der Waals surface area contributed by atoms with Crippen LogP contribution in [-0.2, 0) is 4.79 Å². The first kappa shape index (κ1) is 17.9. The average Bonchev–Trinajstić information content (AvgIpc) is 2.67. The Labute approximate surface area is 152 Å². The number of piperazine rings is 1. The van der Waals surface area contributed by atoms with Crippen LogP contribution in [0.25, 0.3) is 6.08 Å². The Morgan fingerprint density at radius 2 is 1.69 bits per heavy atom. The molecule has 0 atom stereocenters. The number of nitrogens with zero attached hydrogens (tertiary/aromatic N) is 2. The predicted molar refractivity (Wildman–Crippen MR) is 101 cm³/mol. The molecule has 0 saturated carbocycles. The number of hydrogen-bond acceptors (Lipinski definition) is 3. The normalized spacial score (nSPS) is 14.7. The van der Waals surface area contributed by atoms with Crippen molar-refractivity contribution in [3.63, 3.8) is 0 Å². The zero-order chi connectivity index (χ0) is 18.5. The second-order valence-electron chi connectivity index (χ2n) is 6.28. The lowest BCUT2D eigenvalue weighted by Crippen LogP contribution is -2.48. The third-order valence-corrected chi connectivity index (χ3v) is 4.50. The number of benzene rings is 2. The van der Waals surface area contributed by atoms with Crippen LogP contribution in [0.4, 0.5) is 10.1 Å². The Morgan fingerprint density at radius 1 is 1.00 bits per heavy atom. The minimum Gasteiger partial charge on any atom is -0.366 e. The lowest BCUT2D eigenvalue weighted by Gasteiger charge is -2.35. The fourth-order valence-electron chi connectivity index (χ4n) is 2.99. The van der Waals surface area contributed by atoms with Gasteiger partial charge >= 0.3 is 0 Å². The van der Waals surface area contributed by atoms with Crippen LogP contribution in [0, 0.1) is 5.82 Å². The van der Waals surface area contributed by atoms with Gasteiger partial charge in [0.2, 0.25) is 5.91 Å². The quantitative estimate of drug-likeness (QED) is 0.626. The first-order valence-corrected chi connectivity index (χ1v) is 8.62. The number of carbonyl (C=O) groups excluding carboxylic acids is 2. The van der Waals surface area contributed by atoms with Gasteiger partial charge in [-0.2, -0.15) is 0 Å². The van der Waals surface area contributed by atoms with Crippen LogP contribution in [0.15, 0.2) is 54.6 Å². The number of rotatable bonds is 4. The highest BCUT2D eigenvalue weighted by molar-refractivity contribution is 5.94. The van der Waals surface area contributed by atoms with Crippen LogP contribution < -0.4 is 4.90 Å². The first-order chi connectivity index (χ1) is 12.5. The van der Waals surface area contributed by atoms with Gasteiger partial charge in [-0.3, -0.25) is 9.59 Å². The first-order valence-electron chi connectivity index (χ1n) is 8.62. The number of carbonyl (C=O) groups is 2. The van der Waals surface area contributed by atoms with Crippen molar-refractivity contribution in [2.24, 2.45) is 0 Å². The molecule has 1 amide bonds. The summed E-state index contributed by atoms with van der Waals surface area (Å²) in [5, 5.41) is 0. The van der Waals surface area contributed by atoms with Gasteiger partial charge in [0.25, 0.3) is 0 Å². The molecular weight excluding hydrogens is 331 g/mol. The Hall–Kier alpha value is -2.95. The van der Waals surface area contributed by atoms with Gasteiger partial charge in [0.15, 0.2) is 5.78 Å². The van der Waals surface area contributed by atoms with Crippen LogP contribution in [-0.4, -0.2) is 42.8 Å². The molecule has 1 aliphatic heterocycles. The lowest BCUT2D eigenvalue weighted by molar-refractivity contribution is -0.126. The molecule has 0 aromatic heterocycles. The van der Waals surface area contributed by atoms with E-state index in [2.05, 4.69) is 0 Å². The van der Waals surface area contributed by atoms with Crippen LogP contribution >= 0.6 is 0 Å². The molecule has 0 aliphatic carbocycles. The van der Waals surface area contributed by atoms with E-state index in [4.69, 9.17) is 0 Å². The van der Waals surface area contributed by atoms with Crippen molar-refractivity contribution >= 4 is 23.5 Å². The van der Waals surface area contributed by atoms with Crippen molar-refractivity contribution in [1.29, 1.82) is 0 Å². The summed E-state index contributed by atoms with van der Waals surface area (Å²) in [6.07, 6.45) is 3.38. The van der Waals surface area contributed by atoms with Gasteiger partial charge in [-0.1, -0.05) is 30.3 Å². The van der Waals surface area contributed by atoms with Gasteiger partial charge in [-0.15, -0.1) is 0 Å². The summed E-state index contributed by atoms with van der Waals surface area (Å²) in [6.45, 7) is 3.60. The Kier molecular flexibility index (Phi) is 5.46. The molecule has 0 spiro atoms. The molecule has 2 aromatic rings. The monoisotopic (exact) mass is 352 g/mol. The summed E-state index contributed by atoms with van der Waals surface area (Å²) in [4.78, 5) is 27.3. The minimum absolute atomic E-state index is 0.0408. The van der Waals surface area contributed by atoms with E-state index in [1.807, 2.05) is 35.2 Å². The van der Waals surface area contributed by atoms with Crippen molar-refractivity contribution in [3.05, 3.63) is 71.6 Å². The number of ketones is 1. The second-order valence-corrected chi connectivity index (χ2v) is 6.28. The van der Waals surface area contributed by atoms with Crippen molar-refractivity contribution in [2.45, 2.75) is 6.92 Å². The molecule has 1 fully saturated rings. The van der Waals surface area contributed by atoms with Crippen molar-refractivity contribution in [3.8, 4) is 0 Å². The smallest absolute Gasteiger partial charge is 0.246 e. The maximum Gasteiger partial charge on any atom is 0.246 e. The molecular formula is C21H21FN2O2. The molecule has 0 N–H and O–H groups in total. The van der Waals surface area contributed by atoms with E-state index in [1.165, 1.54) is 13.0 Å². The summed E-state index contributed by atoms with van der Waals surface area (Å²) in [5.74, 6) is -0.599. The number of anilines is 1. The maximum absolute atomic E-state index is 14.3. The van der Waals surface area contributed by atoms with E-state index in [1.54, 1.807) is 29.2 Å². The van der Waals surface area contributed by atoms with E-state index >= 15 is 0 Å². The van der Waals surface area contributed by atoms with Crippen molar-refractivity contribution in [2.75, 3.05) is 31.1 Å². The topological polar surface area (TPSA) is 40.6 Å². The molecule has 2 aromatic carbocycles. The summed E-state index contributed by atoms with van der Waals surface area (Å²) in [6, 6.07) is 14.2. The fraction of sp³-hybridized carbons (Fsp3) is 0.238. The molecule has 1 heterocycles. The minimum atomic E-state index is -0.401. The van der Waals surface area contributed by atoms with Gasteiger partial charge in [-0.05, 0) is 36.8 Å². The van der Waals surface area contributed by atoms with Crippen LogP contribution in [0.1, 0.15) is 22.8 Å². The zero-order valence-electron chi connectivity index (χ0n) is 14.7. The van der Waals surface area contributed by atoms with Crippen LogP contribution in [0.3, 0.4) is 0 Å². The van der Waals surface area contributed by atoms with Gasteiger partial charge in [-0.25, -0.2) is 4.39 Å². The van der Waals surface area contributed by atoms with Crippen molar-refractivity contribution < 1.29 is 14.0 Å². The van der Waals surface area contributed by atoms with E-state index in [0.29, 0.717) is 37.4 Å². The predicted octanol–water partition coefficient (Wildman–Crippen LogP) is 3.39. The number of hydrogen-bond donors (Lipinski definition) is 0. The van der Waals surface area contributed by atoms with E-state index in [-0.39, 0.29) is 11.7 Å². The molecule has 1 aliphatic rings. The van der Waals surface area contributed by atoms with Gasteiger partial charge in [0.1, 0.15) is 5.82 Å². The molecule has 3 rings (SSSR count). The largest absolute Gasteiger partial charge is 0.366 e. The molecule has 0 radical (unpaired) electrons. The second kappa shape index (κ2) is 7.95. The molecule has 4 nitrogen and oxygen atoms in total. The molecule has 26 heavy (non-hydrogen) atoms. The van der Waals surface area contributed by atoms with Crippen LogP contribution in [0.2, 0.25) is 0 Å². The number of Topliss-reactive ketones (excluding diaryl/α,β-unsaturated/α-hetero) is 1. The summed E-state index contributed by atoms with van der Waals surface area (Å²) >= 11 is 0. The van der Waals surface area contributed by atoms with E-state index in [0.717, 1.165) is 5.56 Å². The average molecular weight is 352 g/mol. The van der Waals surface area contributed by atoms with E-state index < -0.39 is 5.82 Å². The third kappa shape index (κ3) is 4.17. The lowest BCUT2D eigenvalue weighted by atomic mass is 10.1. The highest BCUT2D eigenvalue weighted by Gasteiger charge is 2.22. The molecule has 0 bridgehead atoms. The SMILES string of the molecule is CC(=O)c1ccc(N2CCN(C(=O)/C=C/c3ccccc3)CC2)c(F)c1. The molecule has 0 unspecified atom stereocenters.